The SMILES string of the molecule is CC(C)(C)COB(CCc1ccccc1)OCC(C)(C)C. The van der Waals surface area contributed by atoms with Gasteiger partial charge in [-0.15, -0.1) is 0 Å². The third kappa shape index (κ3) is 9.70. The molecule has 0 N–H and O–H groups in total. The molecular weight excluding hydrogens is 259 g/mol. The Labute approximate surface area is 131 Å². The Morgan fingerprint density at radius 2 is 1.29 bits per heavy atom. The van der Waals surface area contributed by atoms with Crippen molar-refractivity contribution in [2.24, 2.45) is 10.8 Å². The molecule has 0 aliphatic rings. The number of rotatable bonds is 7. The van der Waals surface area contributed by atoms with E-state index in [2.05, 4.69) is 65.8 Å². The average Bonchev–Trinajstić information content (AvgIpc) is 2.36. The van der Waals surface area contributed by atoms with Gasteiger partial charge in [0, 0.05) is 13.2 Å². The minimum absolute atomic E-state index is 0.122. The van der Waals surface area contributed by atoms with Crippen LogP contribution in [-0.2, 0) is 15.7 Å². The van der Waals surface area contributed by atoms with Gasteiger partial charge < -0.3 is 9.31 Å². The molecule has 0 atom stereocenters. The van der Waals surface area contributed by atoms with Crippen LogP contribution in [0.1, 0.15) is 47.1 Å². The highest BCUT2D eigenvalue weighted by Gasteiger charge is 2.24. The van der Waals surface area contributed by atoms with Crippen LogP contribution in [0.15, 0.2) is 30.3 Å². The molecule has 118 valence electrons. The van der Waals surface area contributed by atoms with Crippen LogP contribution >= 0.6 is 0 Å². The van der Waals surface area contributed by atoms with Crippen molar-refractivity contribution in [3.8, 4) is 0 Å². The molecule has 0 saturated carbocycles. The van der Waals surface area contributed by atoms with Crippen molar-refractivity contribution in [3.63, 3.8) is 0 Å². The van der Waals surface area contributed by atoms with Gasteiger partial charge in [0.15, 0.2) is 0 Å². The lowest BCUT2D eigenvalue weighted by Gasteiger charge is -2.25. The maximum absolute atomic E-state index is 6.00. The number of aryl methyl sites for hydroxylation is 1. The zero-order chi connectivity index (χ0) is 15.9. The quantitative estimate of drug-likeness (QED) is 0.669. The van der Waals surface area contributed by atoms with Crippen molar-refractivity contribution >= 4 is 7.12 Å². The van der Waals surface area contributed by atoms with Crippen LogP contribution in [0, 0.1) is 10.8 Å². The van der Waals surface area contributed by atoms with Crippen molar-refractivity contribution in [1.82, 2.24) is 0 Å². The first kappa shape index (κ1) is 18.3. The van der Waals surface area contributed by atoms with Gasteiger partial charge in [-0.2, -0.15) is 0 Å². The van der Waals surface area contributed by atoms with Gasteiger partial charge in [0.25, 0.3) is 0 Å². The second kappa shape index (κ2) is 8.00. The van der Waals surface area contributed by atoms with Crippen LogP contribution in [-0.4, -0.2) is 20.3 Å². The monoisotopic (exact) mass is 290 g/mol. The van der Waals surface area contributed by atoms with Crippen LogP contribution in [0.25, 0.3) is 0 Å². The second-order valence-corrected chi connectivity index (χ2v) is 8.20. The van der Waals surface area contributed by atoms with Crippen LogP contribution in [0.5, 0.6) is 0 Å². The maximum Gasteiger partial charge on any atom is 0.457 e. The molecule has 0 heterocycles. The highest BCUT2D eigenvalue weighted by atomic mass is 16.6. The molecule has 3 heteroatoms. The predicted molar refractivity (Wildman–Crippen MR) is 91.5 cm³/mol. The molecule has 0 aromatic heterocycles. The molecule has 21 heavy (non-hydrogen) atoms. The molecule has 0 unspecified atom stereocenters. The Kier molecular flexibility index (Phi) is 6.95. The molecule has 1 aromatic rings. The first-order chi connectivity index (χ1) is 9.66. The number of hydrogen-bond donors (Lipinski definition) is 0. The zero-order valence-corrected chi connectivity index (χ0v) is 14.6. The molecule has 0 spiro atoms. The summed E-state index contributed by atoms with van der Waals surface area (Å²) in [4.78, 5) is 0. The Balaban J connectivity index is 2.50. The van der Waals surface area contributed by atoms with Gasteiger partial charge in [-0.25, -0.2) is 0 Å². The minimum Gasteiger partial charge on any atom is -0.411 e. The summed E-state index contributed by atoms with van der Waals surface area (Å²) in [5.74, 6) is 0. The summed E-state index contributed by atoms with van der Waals surface area (Å²) in [7, 11) is -0.122. The van der Waals surface area contributed by atoms with Crippen LogP contribution in [0.3, 0.4) is 0 Å². The van der Waals surface area contributed by atoms with Crippen molar-refractivity contribution in [1.29, 1.82) is 0 Å². The standard InChI is InChI=1S/C18H31BO2/c1-17(2,3)14-20-19(21-15-18(4,5)6)13-12-16-10-8-7-9-11-16/h7-11H,12-15H2,1-6H3. The smallest absolute Gasteiger partial charge is 0.411 e. The van der Waals surface area contributed by atoms with Gasteiger partial charge in [-0.3, -0.25) is 0 Å². The van der Waals surface area contributed by atoms with Crippen molar-refractivity contribution < 1.29 is 9.31 Å². The summed E-state index contributed by atoms with van der Waals surface area (Å²) >= 11 is 0. The normalized spacial score (nSPS) is 12.5. The van der Waals surface area contributed by atoms with E-state index in [4.69, 9.17) is 9.31 Å². The fourth-order valence-electron chi connectivity index (χ4n) is 1.83. The van der Waals surface area contributed by atoms with E-state index in [9.17, 15) is 0 Å². The summed E-state index contributed by atoms with van der Waals surface area (Å²) < 4.78 is 12.0. The summed E-state index contributed by atoms with van der Waals surface area (Å²) in [6.45, 7) is 14.6. The van der Waals surface area contributed by atoms with E-state index in [0.29, 0.717) is 0 Å². The molecule has 1 rings (SSSR count). The van der Waals surface area contributed by atoms with Gasteiger partial charge >= 0.3 is 7.12 Å². The molecule has 0 radical (unpaired) electrons. The highest BCUT2D eigenvalue weighted by Crippen LogP contribution is 2.18. The van der Waals surface area contributed by atoms with E-state index in [1.54, 1.807) is 0 Å². The lowest BCUT2D eigenvalue weighted by atomic mass is 9.80. The van der Waals surface area contributed by atoms with Gasteiger partial charge in [0.2, 0.25) is 0 Å². The lowest BCUT2D eigenvalue weighted by Crippen LogP contribution is -2.31. The average molecular weight is 290 g/mol. The first-order valence-electron chi connectivity index (χ1n) is 7.93. The molecule has 1 aromatic carbocycles. The molecule has 0 aliphatic heterocycles. The Morgan fingerprint density at radius 1 is 0.810 bits per heavy atom. The molecule has 0 saturated heterocycles. The van der Waals surface area contributed by atoms with Crippen molar-refractivity contribution in [3.05, 3.63) is 35.9 Å². The zero-order valence-electron chi connectivity index (χ0n) is 14.6. The summed E-state index contributed by atoms with van der Waals surface area (Å²) in [6, 6.07) is 10.5. The largest absolute Gasteiger partial charge is 0.457 e. The van der Waals surface area contributed by atoms with Gasteiger partial charge in [-0.1, -0.05) is 71.9 Å². The van der Waals surface area contributed by atoms with E-state index in [1.165, 1.54) is 5.56 Å². The van der Waals surface area contributed by atoms with Gasteiger partial charge in [0.05, 0.1) is 0 Å². The van der Waals surface area contributed by atoms with Crippen LogP contribution < -0.4 is 0 Å². The van der Waals surface area contributed by atoms with Gasteiger partial charge in [0.1, 0.15) is 0 Å². The molecule has 2 nitrogen and oxygen atoms in total. The van der Waals surface area contributed by atoms with E-state index in [1.807, 2.05) is 6.07 Å². The van der Waals surface area contributed by atoms with Crippen LogP contribution in [0.4, 0.5) is 0 Å². The summed E-state index contributed by atoms with van der Waals surface area (Å²) in [5.41, 5.74) is 1.66. The Morgan fingerprint density at radius 3 is 1.71 bits per heavy atom. The van der Waals surface area contributed by atoms with E-state index < -0.39 is 0 Å². The third-order valence-electron chi connectivity index (χ3n) is 2.92. The fraction of sp³-hybridized carbons (Fsp3) is 0.667. The molecule has 0 fully saturated rings. The molecular formula is C18H31BO2. The number of benzene rings is 1. The highest BCUT2D eigenvalue weighted by molar-refractivity contribution is 6.44. The molecule has 0 amide bonds. The van der Waals surface area contributed by atoms with Crippen LogP contribution in [0.2, 0.25) is 6.32 Å². The van der Waals surface area contributed by atoms with Crippen molar-refractivity contribution in [2.45, 2.75) is 54.3 Å². The summed E-state index contributed by atoms with van der Waals surface area (Å²) in [5, 5.41) is 0. The van der Waals surface area contributed by atoms with E-state index in [0.717, 1.165) is 26.0 Å². The topological polar surface area (TPSA) is 18.5 Å². The second-order valence-electron chi connectivity index (χ2n) is 8.20. The fourth-order valence-corrected chi connectivity index (χ4v) is 1.83. The third-order valence-corrected chi connectivity index (χ3v) is 2.92. The summed E-state index contributed by atoms with van der Waals surface area (Å²) in [6.07, 6.45) is 1.88. The van der Waals surface area contributed by atoms with Crippen molar-refractivity contribution in [2.75, 3.05) is 13.2 Å². The Hall–Kier alpha value is -0.795. The molecule has 0 bridgehead atoms. The van der Waals surface area contributed by atoms with Gasteiger partial charge in [-0.05, 0) is 29.1 Å². The first-order valence-corrected chi connectivity index (χ1v) is 7.93. The Bertz CT molecular complexity index is 372. The minimum atomic E-state index is -0.122. The predicted octanol–water partition coefficient (Wildman–Crippen LogP) is 4.84. The maximum atomic E-state index is 6.00. The van der Waals surface area contributed by atoms with E-state index >= 15 is 0 Å². The molecule has 0 aliphatic carbocycles. The number of hydrogen-bond acceptors (Lipinski definition) is 2. The van der Waals surface area contributed by atoms with E-state index in [-0.39, 0.29) is 17.9 Å². The lowest BCUT2D eigenvalue weighted by molar-refractivity contribution is 0.112.